The topological polar surface area (TPSA) is 108 Å². The van der Waals surface area contributed by atoms with E-state index in [0.29, 0.717) is 30.2 Å². The Morgan fingerprint density at radius 3 is 2.88 bits per heavy atom. The Labute approximate surface area is 145 Å². The Bertz CT molecular complexity index is 789. The van der Waals surface area contributed by atoms with Gasteiger partial charge in [0.15, 0.2) is 11.5 Å². The second-order valence-corrected chi connectivity index (χ2v) is 7.12. The van der Waals surface area contributed by atoms with Crippen LogP contribution in [0, 0.1) is 11.8 Å². The minimum atomic E-state index is -0.206. The first-order chi connectivity index (χ1) is 12.2. The van der Waals surface area contributed by atoms with E-state index in [1.54, 1.807) is 4.57 Å². The minimum absolute atomic E-state index is 0.206. The first-order valence-electron chi connectivity index (χ1n) is 9.17. The van der Waals surface area contributed by atoms with E-state index in [2.05, 4.69) is 15.0 Å². The zero-order valence-corrected chi connectivity index (χ0v) is 14.4. The van der Waals surface area contributed by atoms with E-state index < -0.39 is 0 Å². The van der Waals surface area contributed by atoms with Crippen molar-refractivity contribution in [2.24, 2.45) is 11.8 Å². The molecular weight excluding hydrogens is 322 g/mol. The summed E-state index contributed by atoms with van der Waals surface area (Å²) in [5.74, 6) is 1.52. The van der Waals surface area contributed by atoms with Gasteiger partial charge >= 0.3 is 11.7 Å². The summed E-state index contributed by atoms with van der Waals surface area (Å²) in [5, 5.41) is 0. The molecule has 136 valence electrons. The SMILES string of the molecule is Nc1nc(OCCC2CC2)nc2c1[nH]c(=O)n2CCC1CCCOC1. The molecule has 3 heterocycles. The zero-order valence-electron chi connectivity index (χ0n) is 14.4. The number of imidazole rings is 1. The van der Waals surface area contributed by atoms with Gasteiger partial charge in [0.2, 0.25) is 0 Å². The van der Waals surface area contributed by atoms with Crippen LogP contribution in [0.15, 0.2) is 4.79 Å². The summed E-state index contributed by atoms with van der Waals surface area (Å²) in [4.78, 5) is 23.7. The summed E-state index contributed by atoms with van der Waals surface area (Å²) in [5.41, 5.74) is 6.79. The minimum Gasteiger partial charge on any atom is -0.463 e. The molecule has 1 saturated carbocycles. The molecule has 4 rings (SSSR count). The highest BCUT2D eigenvalue weighted by atomic mass is 16.5. The molecule has 1 atom stereocenters. The highest BCUT2D eigenvalue weighted by Gasteiger charge is 2.21. The van der Waals surface area contributed by atoms with Gasteiger partial charge in [-0.15, -0.1) is 0 Å². The summed E-state index contributed by atoms with van der Waals surface area (Å²) in [7, 11) is 0. The molecule has 0 radical (unpaired) electrons. The fourth-order valence-corrected chi connectivity index (χ4v) is 3.37. The van der Waals surface area contributed by atoms with E-state index in [4.69, 9.17) is 15.2 Å². The molecule has 0 amide bonds. The number of fused-ring (bicyclic) bond motifs is 1. The molecule has 2 aromatic heterocycles. The van der Waals surface area contributed by atoms with Crippen molar-refractivity contribution in [2.45, 2.75) is 45.1 Å². The van der Waals surface area contributed by atoms with E-state index in [0.717, 1.165) is 44.8 Å². The zero-order chi connectivity index (χ0) is 17.2. The maximum Gasteiger partial charge on any atom is 0.327 e. The number of hydrogen-bond donors (Lipinski definition) is 2. The first-order valence-corrected chi connectivity index (χ1v) is 9.17. The lowest BCUT2D eigenvalue weighted by Gasteiger charge is -2.21. The third-order valence-corrected chi connectivity index (χ3v) is 5.10. The molecule has 0 bridgehead atoms. The Hall–Kier alpha value is -2.09. The molecule has 1 aliphatic carbocycles. The summed E-state index contributed by atoms with van der Waals surface area (Å²) >= 11 is 0. The normalized spacial score (nSPS) is 20.9. The third kappa shape index (κ3) is 3.78. The van der Waals surface area contributed by atoms with Crippen molar-refractivity contribution in [2.75, 3.05) is 25.6 Å². The van der Waals surface area contributed by atoms with E-state index in [9.17, 15) is 4.79 Å². The van der Waals surface area contributed by atoms with Crippen molar-refractivity contribution in [1.82, 2.24) is 19.5 Å². The molecule has 0 aromatic carbocycles. The number of H-pyrrole nitrogens is 1. The van der Waals surface area contributed by atoms with Crippen molar-refractivity contribution < 1.29 is 9.47 Å². The van der Waals surface area contributed by atoms with Crippen LogP contribution in [-0.2, 0) is 11.3 Å². The number of aromatic nitrogens is 4. The Balaban J connectivity index is 1.51. The maximum atomic E-state index is 12.3. The molecule has 25 heavy (non-hydrogen) atoms. The Morgan fingerprint density at radius 1 is 1.24 bits per heavy atom. The van der Waals surface area contributed by atoms with Gasteiger partial charge in [-0.2, -0.15) is 9.97 Å². The van der Waals surface area contributed by atoms with Gasteiger partial charge in [-0.3, -0.25) is 4.57 Å². The smallest absolute Gasteiger partial charge is 0.327 e. The monoisotopic (exact) mass is 347 g/mol. The van der Waals surface area contributed by atoms with Gasteiger partial charge in [0, 0.05) is 19.8 Å². The number of hydrogen-bond acceptors (Lipinski definition) is 6. The van der Waals surface area contributed by atoms with Crippen LogP contribution >= 0.6 is 0 Å². The van der Waals surface area contributed by atoms with Gasteiger partial charge in [-0.25, -0.2) is 4.79 Å². The second kappa shape index (κ2) is 7.03. The van der Waals surface area contributed by atoms with Crippen molar-refractivity contribution in [1.29, 1.82) is 0 Å². The molecule has 1 unspecified atom stereocenters. The molecule has 2 fully saturated rings. The largest absolute Gasteiger partial charge is 0.463 e. The standard InChI is InChI=1S/C17H25N5O3/c18-14-13-15(21-16(20-14)25-9-6-11-3-4-11)22(17(23)19-13)7-5-12-2-1-8-24-10-12/h11-12H,1-10H2,(H,19,23)(H2,18,20,21). The summed E-state index contributed by atoms with van der Waals surface area (Å²) < 4.78 is 12.8. The third-order valence-electron chi connectivity index (χ3n) is 5.10. The number of aromatic amines is 1. The quantitative estimate of drug-likeness (QED) is 0.789. The number of aryl methyl sites for hydroxylation is 1. The van der Waals surface area contributed by atoms with Crippen LogP contribution in [0.2, 0.25) is 0 Å². The molecular formula is C17H25N5O3. The van der Waals surface area contributed by atoms with Crippen LogP contribution in [0.5, 0.6) is 6.01 Å². The van der Waals surface area contributed by atoms with Gasteiger partial charge in [0.1, 0.15) is 5.52 Å². The van der Waals surface area contributed by atoms with E-state index >= 15 is 0 Å². The lowest BCUT2D eigenvalue weighted by atomic mass is 9.99. The van der Waals surface area contributed by atoms with Crippen LogP contribution < -0.4 is 16.2 Å². The summed E-state index contributed by atoms with van der Waals surface area (Å²) in [6.07, 6.45) is 6.70. The van der Waals surface area contributed by atoms with Crippen molar-refractivity contribution >= 4 is 17.0 Å². The number of anilines is 1. The molecule has 1 aliphatic heterocycles. The van der Waals surface area contributed by atoms with Crippen LogP contribution in [0.3, 0.4) is 0 Å². The molecule has 1 saturated heterocycles. The predicted octanol–water partition coefficient (Wildman–Crippen LogP) is 1.70. The number of rotatable bonds is 7. The highest BCUT2D eigenvalue weighted by Crippen LogP contribution is 2.32. The average molecular weight is 347 g/mol. The Morgan fingerprint density at radius 2 is 2.12 bits per heavy atom. The number of nitrogen functional groups attached to an aromatic ring is 1. The van der Waals surface area contributed by atoms with E-state index in [1.165, 1.54) is 12.8 Å². The van der Waals surface area contributed by atoms with Crippen molar-refractivity contribution in [3.8, 4) is 6.01 Å². The first kappa shape index (κ1) is 16.4. The summed E-state index contributed by atoms with van der Waals surface area (Å²) in [6, 6.07) is 0.249. The fraction of sp³-hybridized carbons (Fsp3) is 0.706. The molecule has 2 aliphatic rings. The lowest BCUT2D eigenvalue weighted by Crippen LogP contribution is -2.23. The fourth-order valence-electron chi connectivity index (χ4n) is 3.37. The molecule has 0 spiro atoms. The van der Waals surface area contributed by atoms with E-state index in [1.807, 2.05) is 0 Å². The Kier molecular flexibility index (Phi) is 4.61. The molecule has 2 aromatic rings. The number of nitrogens with zero attached hydrogens (tertiary/aromatic N) is 3. The van der Waals surface area contributed by atoms with Crippen LogP contribution in [-0.4, -0.2) is 39.3 Å². The van der Waals surface area contributed by atoms with Gasteiger partial charge in [-0.05, 0) is 37.5 Å². The van der Waals surface area contributed by atoms with Gasteiger partial charge in [0.25, 0.3) is 0 Å². The van der Waals surface area contributed by atoms with Crippen molar-refractivity contribution in [3.05, 3.63) is 10.5 Å². The van der Waals surface area contributed by atoms with Gasteiger partial charge < -0.3 is 20.2 Å². The predicted molar refractivity (Wildman–Crippen MR) is 93.6 cm³/mol. The number of nitrogens with one attached hydrogen (secondary N) is 1. The molecule has 8 heteroatoms. The van der Waals surface area contributed by atoms with Crippen LogP contribution in [0.25, 0.3) is 11.2 Å². The molecule has 8 nitrogen and oxygen atoms in total. The number of ether oxygens (including phenoxy) is 2. The number of nitrogens with two attached hydrogens (primary N) is 1. The second-order valence-electron chi connectivity index (χ2n) is 7.12. The lowest BCUT2D eigenvalue weighted by molar-refractivity contribution is 0.0501. The van der Waals surface area contributed by atoms with E-state index in [-0.39, 0.29) is 17.5 Å². The summed E-state index contributed by atoms with van der Waals surface area (Å²) in [6.45, 7) is 2.78. The van der Waals surface area contributed by atoms with Gasteiger partial charge in [0.05, 0.1) is 6.61 Å². The van der Waals surface area contributed by atoms with Gasteiger partial charge in [-0.1, -0.05) is 12.8 Å². The highest BCUT2D eigenvalue weighted by molar-refractivity contribution is 5.81. The molecule has 3 N–H and O–H groups in total. The van der Waals surface area contributed by atoms with Crippen molar-refractivity contribution in [3.63, 3.8) is 0 Å². The van der Waals surface area contributed by atoms with Crippen LogP contribution in [0.1, 0.15) is 38.5 Å². The average Bonchev–Trinajstić information content (AvgIpc) is 3.37. The maximum absolute atomic E-state index is 12.3. The van der Waals surface area contributed by atoms with Crippen LogP contribution in [0.4, 0.5) is 5.82 Å².